The first-order valence-electron chi connectivity index (χ1n) is 6.18. The highest BCUT2D eigenvalue weighted by atomic mass is 35.5. The third kappa shape index (κ3) is 4.34. The van der Waals surface area contributed by atoms with E-state index >= 15 is 0 Å². The van der Waals surface area contributed by atoms with Crippen molar-refractivity contribution in [3.8, 4) is 0 Å². The third-order valence-corrected chi connectivity index (χ3v) is 3.29. The fourth-order valence-electron chi connectivity index (χ4n) is 1.89. The molecule has 0 fully saturated rings. The molecule has 0 aliphatic carbocycles. The van der Waals surface area contributed by atoms with Gasteiger partial charge in [-0.25, -0.2) is 0 Å². The molecule has 0 unspecified atom stereocenters. The lowest BCUT2D eigenvalue weighted by Crippen LogP contribution is -2.28. The lowest BCUT2D eigenvalue weighted by atomic mass is 10.2. The molecule has 0 aliphatic heterocycles. The summed E-state index contributed by atoms with van der Waals surface area (Å²) >= 11 is 11.6. The van der Waals surface area contributed by atoms with E-state index in [-0.39, 0.29) is 6.73 Å². The van der Waals surface area contributed by atoms with Crippen LogP contribution in [0, 0.1) is 0 Å². The summed E-state index contributed by atoms with van der Waals surface area (Å²) in [5.41, 5.74) is 2.96. The summed E-state index contributed by atoms with van der Waals surface area (Å²) in [7, 11) is 3.70. The molecule has 1 aromatic rings. The Morgan fingerprint density at radius 3 is 2.32 bits per heavy atom. The van der Waals surface area contributed by atoms with Gasteiger partial charge in [0.15, 0.2) is 0 Å². The van der Waals surface area contributed by atoms with Crippen LogP contribution < -0.4 is 15.1 Å². The largest absolute Gasteiger partial charge is 0.386 e. The number of alkyl halides is 2. The minimum absolute atomic E-state index is 0.0385. The van der Waals surface area contributed by atoms with Crippen LogP contribution in [0.4, 0.5) is 17.1 Å². The first kappa shape index (κ1) is 16.2. The SMILES string of the molecule is CNc1ccc(N(CCCl)CCCl)cc1N(C)CO. The maximum atomic E-state index is 9.29. The first-order valence-corrected chi connectivity index (χ1v) is 7.25. The molecule has 0 saturated heterocycles. The fourth-order valence-corrected chi connectivity index (χ4v) is 2.30. The van der Waals surface area contributed by atoms with E-state index in [9.17, 15) is 5.11 Å². The quantitative estimate of drug-likeness (QED) is 0.571. The maximum Gasteiger partial charge on any atom is 0.115 e. The summed E-state index contributed by atoms with van der Waals surface area (Å²) in [5, 5.41) is 12.4. The number of halogens is 2. The fraction of sp³-hybridized carbons (Fsp3) is 0.538. The number of aliphatic hydroxyl groups excluding tert-OH is 1. The van der Waals surface area contributed by atoms with Gasteiger partial charge >= 0.3 is 0 Å². The summed E-state index contributed by atoms with van der Waals surface area (Å²) in [6.45, 7) is 1.45. The molecule has 1 rings (SSSR count). The van der Waals surface area contributed by atoms with Gasteiger partial charge in [0.05, 0.1) is 11.4 Å². The van der Waals surface area contributed by atoms with E-state index in [2.05, 4.69) is 10.2 Å². The summed E-state index contributed by atoms with van der Waals surface area (Å²) < 4.78 is 0. The Kier molecular flexibility index (Phi) is 7.13. The van der Waals surface area contributed by atoms with Crippen LogP contribution in [0.15, 0.2) is 18.2 Å². The van der Waals surface area contributed by atoms with Crippen molar-refractivity contribution in [3.05, 3.63) is 18.2 Å². The Hall–Kier alpha value is -0.840. The van der Waals surface area contributed by atoms with Gasteiger partial charge in [-0.05, 0) is 18.2 Å². The molecule has 0 spiro atoms. The third-order valence-electron chi connectivity index (χ3n) is 2.95. The zero-order chi connectivity index (χ0) is 14.3. The van der Waals surface area contributed by atoms with E-state index in [0.29, 0.717) is 11.8 Å². The number of benzene rings is 1. The molecular formula is C13H21Cl2N3O. The average molecular weight is 306 g/mol. The maximum absolute atomic E-state index is 9.29. The predicted molar refractivity (Wildman–Crippen MR) is 85.1 cm³/mol. The zero-order valence-corrected chi connectivity index (χ0v) is 12.9. The number of aliphatic hydroxyl groups is 1. The molecule has 4 nitrogen and oxygen atoms in total. The van der Waals surface area contributed by atoms with Crippen molar-refractivity contribution in [1.82, 2.24) is 0 Å². The Morgan fingerprint density at radius 2 is 1.84 bits per heavy atom. The lowest BCUT2D eigenvalue weighted by Gasteiger charge is -2.26. The number of nitrogens with one attached hydrogen (secondary N) is 1. The van der Waals surface area contributed by atoms with Gasteiger partial charge in [-0.1, -0.05) is 0 Å². The smallest absolute Gasteiger partial charge is 0.115 e. The van der Waals surface area contributed by atoms with Crippen LogP contribution in [0.3, 0.4) is 0 Å². The molecule has 0 aromatic heterocycles. The highest BCUT2D eigenvalue weighted by molar-refractivity contribution is 6.18. The first-order chi connectivity index (χ1) is 9.17. The summed E-state index contributed by atoms with van der Waals surface area (Å²) in [4.78, 5) is 3.91. The molecule has 0 saturated carbocycles. The van der Waals surface area contributed by atoms with Gasteiger partial charge in [-0.3, -0.25) is 0 Å². The molecule has 0 aliphatic rings. The normalized spacial score (nSPS) is 10.4. The van der Waals surface area contributed by atoms with E-state index in [1.165, 1.54) is 0 Å². The van der Waals surface area contributed by atoms with Crippen LogP contribution in [0.25, 0.3) is 0 Å². The molecule has 0 atom stereocenters. The summed E-state index contributed by atoms with van der Waals surface area (Å²) in [6, 6.07) is 6.05. The lowest BCUT2D eigenvalue weighted by molar-refractivity contribution is 0.299. The Bertz CT molecular complexity index is 384. The monoisotopic (exact) mass is 305 g/mol. The van der Waals surface area contributed by atoms with Crippen molar-refractivity contribution < 1.29 is 5.11 Å². The Balaban J connectivity index is 3.07. The number of hydrogen-bond acceptors (Lipinski definition) is 4. The second-order valence-corrected chi connectivity index (χ2v) is 4.91. The number of nitrogens with zero attached hydrogens (tertiary/aromatic N) is 2. The highest BCUT2D eigenvalue weighted by Crippen LogP contribution is 2.30. The van der Waals surface area contributed by atoms with Crippen LogP contribution in [0.1, 0.15) is 0 Å². The topological polar surface area (TPSA) is 38.7 Å². The van der Waals surface area contributed by atoms with Crippen LogP contribution in [-0.4, -0.2) is 50.8 Å². The summed E-state index contributed by atoms with van der Waals surface area (Å²) in [5.74, 6) is 1.10. The van der Waals surface area contributed by atoms with Gasteiger partial charge in [0.2, 0.25) is 0 Å². The van der Waals surface area contributed by atoms with Crippen molar-refractivity contribution in [2.75, 3.05) is 60.8 Å². The van der Waals surface area contributed by atoms with Crippen LogP contribution in [0.2, 0.25) is 0 Å². The number of anilines is 3. The number of rotatable bonds is 8. The second-order valence-electron chi connectivity index (χ2n) is 4.16. The molecule has 19 heavy (non-hydrogen) atoms. The van der Waals surface area contributed by atoms with E-state index in [0.717, 1.165) is 30.2 Å². The second kappa shape index (κ2) is 8.35. The van der Waals surface area contributed by atoms with Gasteiger partial charge < -0.3 is 20.2 Å². The molecule has 0 heterocycles. The van der Waals surface area contributed by atoms with E-state index in [4.69, 9.17) is 23.2 Å². The minimum Gasteiger partial charge on any atom is -0.386 e. The van der Waals surface area contributed by atoms with Gasteiger partial charge in [0.25, 0.3) is 0 Å². The van der Waals surface area contributed by atoms with E-state index in [1.54, 1.807) is 4.90 Å². The van der Waals surface area contributed by atoms with Crippen molar-refractivity contribution in [1.29, 1.82) is 0 Å². The van der Waals surface area contributed by atoms with Crippen molar-refractivity contribution in [2.24, 2.45) is 0 Å². The molecule has 0 amide bonds. The molecule has 1 aromatic carbocycles. The highest BCUT2D eigenvalue weighted by Gasteiger charge is 2.11. The molecule has 0 radical (unpaired) electrons. The van der Waals surface area contributed by atoms with Crippen molar-refractivity contribution >= 4 is 40.3 Å². The summed E-state index contributed by atoms with van der Waals surface area (Å²) in [6.07, 6.45) is 0. The van der Waals surface area contributed by atoms with Crippen molar-refractivity contribution in [3.63, 3.8) is 0 Å². The van der Waals surface area contributed by atoms with Crippen LogP contribution >= 0.6 is 23.2 Å². The van der Waals surface area contributed by atoms with E-state index in [1.807, 2.05) is 32.3 Å². The predicted octanol–water partition coefficient (Wildman–Crippen LogP) is 2.40. The van der Waals surface area contributed by atoms with Gasteiger partial charge in [0.1, 0.15) is 6.73 Å². The Morgan fingerprint density at radius 1 is 1.21 bits per heavy atom. The average Bonchev–Trinajstić information content (AvgIpc) is 2.45. The van der Waals surface area contributed by atoms with Crippen LogP contribution in [-0.2, 0) is 0 Å². The molecular weight excluding hydrogens is 285 g/mol. The minimum atomic E-state index is -0.0385. The zero-order valence-electron chi connectivity index (χ0n) is 11.4. The number of hydrogen-bond donors (Lipinski definition) is 2. The Labute approximate surface area is 124 Å². The van der Waals surface area contributed by atoms with Gasteiger partial charge in [0, 0.05) is 44.6 Å². The molecule has 108 valence electrons. The van der Waals surface area contributed by atoms with Crippen molar-refractivity contribution in [2.45, 2.75) is 0 Å². The molecule has 6 heteroatoms. The van der Waals surface area contributed by atoms with Gasteiger partial charge in [-0.15, -0.1) is 23.2 Å². The van der Waals surface area contributed by atoms with E-state index < -0.39 is 0 Å². The standard InChI is InChI=1S/C13H21Cl2N3O/c1-16-12-4-3-11(9-13(12)17(2)10-19)18(7-5-14)8-6-15/h3-4,9,16,19H,5-8,10H2,1-2H3. The molecule has 0 bridgehead atoms. The van der Waals surface area contributed by atoms with Crippen LogP contribution in [0.5, 0.6) is 0 Å². The van der Waals surface area contributed by atoms with Gasteiger partial charge in [-0.2, -0.15) is 0 Å². The molecule has 2 N–H and O–H groups in total.